The summed E-state index contributed by atoms with van der Waals surface area (Å²) in [7, 11) is 0. The number of amides is 2. The molecule has 0 radical (unpaired) electrons. The van der Waals surface area contributed by atoms with Crippen LogP contribution in [0.25, 0.3) is 0 Å². The Labute approximate surface area is 258 Å². The topological polar surface area (TPSA) is 62.3 Å². The molecule has 242 valence electrons. The molecule has 5 nitrogen and oxygen atoms in total. The van der Waals surface area contributed by atoms with Crippen molar-refractivity contribution in [2.75, 3.05) is 16.8 Å². The van der Waals surface area contributed by atoms with E-state index in [1.54, 1.807) is 5.32 Å². The van der Waals surface area contributed by atoms with Gasteiger partial charge in [0.05, 0.1) is 28.1 Å². The number of hydrogen-bond acceptors (Lipinski definition) is 3. The minimum Gasteiger partial charge on any atom is -0.320 e. The monoisotopic (exact) mass is 769 g/mol. The Morgan fingerprint density at radius 2 is 1.53 bits per heavy atom. The van der Waals surface area contributed by atoms with Crippen molar-refractivity contribution in [3.63, 3.8) is 0 Å². The summed E-state index contributed by atoms with van der Waals surface area (Å²) in [6.45, 7) is -0.0703. The SMILES string of the molecule is O=C(Nc1c(I)cc(C(F)(C(F)(F)F)C(F)(F)F)cc1C(F)(F)F)c1cccc(N(CC2CC2)C(=O)c2ccc(F)nc2)c1F. The Hall–Kier alpha value is -3.58. The van der Waals surface area contributed by atoms with Gasteiger partial charge in [0, 0.05) is 21.9 Å². The fraction of sp³-hybridized carbons (Fsp3) is 0.296. The van der Waals surface area contributed by atoms with Crippen molar-refractivity contribution >= 4 is 45.8 Å². The van der Waals surface area contributed by atoms with Crippen LogP contribution >= 0.6 is 22.6 Å². The maximum absolute atomic E-state index is 15.8. The second-order valence-electron chi connectivity index (χ2n) is 9.85. The van der Waals surface area contributed by atoms with Gasteiger partial charge in [-0.05, 0) is 77.7 Å². The summed E-state index contributed by atoms with van der Waals surface area (Å²) in [5.41, 5.74) is -14.0. The van der Waals surface area contributed by atoms with E-state index < -0.39 is 85.5 Å². The van der Waals surface area contributed by atoms with Crippen molar-refractivity contribution in [2.24, 2.45) is 5.92 Å². The Morgan fingerprint density at radius 1 is 0.911 bits per heavy atom. The third-order valence-corrected chi connectivity index (χ3v) is 7.53. The molecule has 0 bridgehead atoms. The van der Waals surface area contributed by atoms with Crippen LogP contribution in [0.1, 0.15) is 44.7 Å². The number of hydrogen-bond donors (Lipinski definition) is 1. The number of nitrogens with zero attached hydrogens (tertiary/aromatic N) is 2. The van der Waals surface area contributed by atoms with Crippen molar-refractivity contribution in [1.29, 1.82) is 0 Å². The number of halogens is 13. The predicted octanol–water partition coefficient (Wildman–Crippen LogP) is 8.58. The van der Waals surface area contributed by atoms with Crippen LogP contribution < -0.4 is 10.2 Å². The highest BCUT2D eigenvalue weighted by atomic mass is 127. The van der Waals surface area contributed by atoms with Crippen LogP contribution in [0.3, 0.4) is 0 Å². The lowest BCUT2D eigenvalue weighted by molar-refractivity contribution is -0.348. The molecule has 0 spiro atoms. The van der Waals surface area contributed by atoms with Gasteiger partial charge < -0.3 is 10.2 Å². The lowest BCUT2D eigenvalue weighted by Crippen LogP contribution is -2.50. The molecule has 1 N–H and O–H groups in total. The highest BCUT2D eigenvalue weighted by Gasteiger charge is 2.73. The predicted molar refractivity (Wildman–Crippen MR) is 142 cm³/mol. The molecule has 1 aliphatic carbocycles. The van der Waals surface area contributed by atoms with Gasteiger partial charge in [-0.3, -0.25) is 9.59 Å². The second kappa shape index (κ2) is 12.0. The summed E-state index contributed by atoms with van der Waals surface area (Å²) in [4.78, 5) is 30.5. The number of anilines is 2. The Morgan fingerprint density at radius 3 is 2.04 bits per heavy atom. The van der Waals surface area contributed by atoms with Crippen LogP contribution in [0, 0.1) is 21.3 Å². The molecule has 0 atom stereocenters. The molecule has 1 fully saturated rings. The average Bonchev–Trinajstić information content (AvgIpc) is 3.75. The third kappa shape index (κ3) is 6.84. The Kier molecular flexibility index (Phi) is 9.13. The van der Waals surface area contributed by atoms with Gasteiger partial charge >= 0.3 is 24.2 Å². The summed E-state index contributed by atoms with van der Waals surface area (Å²) >= 11 is 0.869. The van der Waals surface area contributed by atoms with Crippen LogP contribution in [0.5, 0.6) is 0 Å². The Balaban J connectivity index is 1.76. The van der Waals surface area contributed by atoms with Crippen molar-refractivity contribution < 1.29 is 62.3 Å². The molecule has 1 aliphatic rings. The van der Waals surface area contributed by atoms with E-state index in [9.17, 15) is 57.9 Å². The van der Waals surface area contributed by atoms with Crippen LogP contribution in [0.15, 0.2) is 48.7 Å². The number of nitrogens with one attached hydrogen (secondary N) is 1. The first kappa shape index (κ1) is 34.3. The fourth-order valence-electron chi connectivity index (χ4n) is 4.24. The molecular weight excluding hydrogens is 753 g/mol. The molecule has 2 aromatic carbocycles. The van der Waals surface area contributed by atoms with Gasteiger partial charge in [-0.1, -0.05) is 6.07 Å². The molecule has 45 heavy (non-hydrogen) atoms. The van der Waals surface area contributed by atoms with Crippen molar-refractivity contribution in [3.05, 3.63) is 86.3 Å². The summed E-state index contributed by atoms with van der Waals surface area (Å²) < 4.78 is 164. The minimum absolute atomic E-state index is 0.0703. The van der Waals surface area contributed by atoms with E-state index in [-0.39, 0.29) is 24.1 Å². The molecule has 0 unspecified atom stereocenters. The fourth-order valence-corrected chi connectivity index (χ4v) is 5.00. The molecule has 4 rings (SSSR count). The molecule has 3 aromatic rings. The molecule has 1 saturated carbocycles. The van der Waals surface area contributed by atoms with E-state index in [1.807, 2.05) is 0 Å². The first-order chi connectivity index (χ1) is 20.7. The van der Waals surface area contributed by atoms with E-state index in [0.717, 1.165) is 64.0 Å². The molecule has 2 amide bonds. The number of benzene rings is 2. The van der Waals surface area contributed by atoms with Crippen LogP contribution in [0.4, 0.5) is 64.1 Å². The smallest absolute Gasteiger partial charge is 0.320 e. The molecule has 1 heterocycles. The van der Waals surface area contributed by atoms with Gasteiger partial charge in [0.25, 0.3) is 11.8 Å². The molecule has 18 heteroatoms. The zero-order chi connectivity index (χ0) is 33.7. The maximum Gasteiger partial charge on any atom is 0.435 e. The van der Waals surface area contributed by atoms with Gasteiger partial charge in [-0.25, -0.2) is 13.8 Å². The summed E-state index contributed by atoms with van der Waals surface area (Å²) in [5, 5.41) is 1.64. The first-order valence-electron chi connectivity index (χ1n) is 12.4. The van der Waals surface area contributed by atoms with Gasteiger partial charge in [0.1, 0.15) is 0 Å². The second-order valence-corrected chi connectivity index (χ2v) is 11.0. The standard InChI is InChI=1S/C27H16F12IN3O2/c28-19-7-6-13(10-41-19)23(45)43(11-12-4-5-12)18-3-1-2-15(20(18)29)22(44)42-21-16(25(31,32)33)8-14(9-17(21)40)24(30,26(34,35)36)27(37,38)39/h1-3,6-10,12H,4-5,11H2,(H,42,44). The third-order valence-electron chi connectivity index (χ3n) is 6.68. The number of alkyl halides is 10. The van der Waals surface area contributed by atoms with E-state index >= 15 is 4.39 Å². The molecule has 0 aliphatic heterocycles. The zero-order valence-electron chi connectivity index (χ0n) is 21.9. The van der Waals surface area contributed by atoms with Crippen molar-refractivity contribution in [2.45, 2.75) is 37.0 Å². The number of rotatable bonds is 7. The minimum atomic E-state index is -6.72. The molecule has 1 aromatic heterocycles. The van der Waals surface area contributed by atoms with Crippen molar-refractivity contribution in [1.82, 2.24) is 4.98 Å². The summed E-state index contributed by atoms with van der Waals surface area (Å²) in [5.74, 6) is -4.91. The van der Waals surface area contributed by atoms with Gasteiger partial charge in [0.2, 0.25) is 5.95 Å². The number of carbonyl (C=O) groups is 2. The normalized spacial score (nSPS) is 14.3. The number of carbonyl (C=O) groups excluding carboxylic acids is 2. The largest absolute Gasteiger partial charge is 0.435 e. The first-order valence-corrected chi connectivity index (χ1v) is 13.5. The number of pyridine rings is 1. The van der Waals surface area contributed by atoms with Gasteiger partial charge in [-0.15, -0.1) is 0 Å². The van der Waals surface area contributed by atoms with Crippen molar-refractivity contribution in [3.8, 4) is 0 Å². The van der Waals surface area contributed by atoms with Gasteiger partial charge in [-0.2, -0.15) is 43.9 Å². The highest BCUT2D eigenvalue weighted by Crippen LogP contribution is 2.55. The van der Waals surface area contributed by atoms with Gasteiger partial charge in [0.15, 0.2) is 5.82 Å². The van der Waals surface area contributed by atoms with E-state index in [0.29, 0.717) is 12.8 Å². The van der Waals surface area contributed by atoms with Crippen LogP contribution in [0.2, 0.25) is 0 Å². The quantitative estimate of drug-likeness (QED) is 0.149. The summed E-state index contributed by atoms with van der Waals surface area (Å²) in [6, 6.07) is 3.94. The number of aromatic nitrogens is 1. The van der Waals surface area contributed by atoms with E-state index in [1.165, 1.54) is 0 Å². The van der Waals surface area contributed by atoms with E-state index in [2.05, 4.69) is 4.98 Å². The lowest BCUT2D eigenvalue weighted by Gasteiger charge is -2.31. The Bertz CT molecular complexity index is 1600. The summed E-state index contributed by atoms with van der Waals surface area (Å²) in [6.07, 6.45) is -17.0. The van der Waals surface area contributed by atoms with Crippen LogP contribution in [-0.4, -0.2) is 35.7 Å². The average molecular weight is 769 g/mol. The van der Waals surface area contributed by atoms with Crippen LogP contribution in [-0.2, 0) is 11.8 Å². The lowest BCUT2D eigenvalue weighted by atomic mass is 9.92. The maximum atomic E-state index is 15.8. The highest BCUT2D eigenvalue weighted by molar-refractivity contribution is 14.1. The van der Waals surface area contributed by atoms with E-state index in [4.69, 9.17) is 0 Å². The molecule has 0 saturated heterocycles. The zero-order valence-corrected chi connectivity index (χ0v) is 24.1. The molecular formula is C27H16F12IN3O2.